The van der Waals surface area contributed by atoms with Gasteiger partial charge in [0, 0.05) is 31.2 Å². The molecule has 0 aromatic heterocycles. The van der Waals surface area contributed by atoms with Crippen molar-refractivity contribution >= 4 is 30.0 Å². The molecule has 7 heteroatoms. The molecule has 2 rings (SSSR count). The van der Waals surface area contributed by atoms with E-state index < -0.39 is 0 Å². The Bertz CT molecular complexity index is 513. The molecule has 1 aromatic rings. The quantitative estimate of drug-likeness (QED) is 0.732. The zero-order valence-corrected chi connectivity index (χ0v) is 14.7. The number of rotatable bonds is 6. The van der Waals surface area contributed by atoms with Crippen molar-refractivity contribution < 1.29 is 9.59 Å². The SMILES string of the molecule is Cl.NCCCC(=O)N1CCCCC1CNC(=O)Nc1ccccc1. The highest BCUT2D eigenvalue weighted by Gasteiger charge is 2.26. The number of likely N-dealkylation sites (tertiary alicyclic amines) is 1. The molecule has 1 unspecified atom stereocenters. The molecule has 1 aliphatic rings. The van der Waals surface area contributed by atoms with E-state index >= 15 is 0 Å². The van der Waals surface area contributed by atoms with Crippen molar-refractivity contribution in [3.63, 3.8) is 0 Å². The number of nitrogens with one attached hydrogen (secondary N) is 2. The fourth-order valence-corrected chi connectivity index (χ4v) is 2.85. The first-order chi connectivity index (χ1) is 11.2. The summed E-state index contributed by atoms with van der Waals surface area (Å²) in [5.41, 5.74) is 6.23. The molecule has 1 heterocycles. The molecular formula is C17H27ClN4O2. The standard InChI is InChI=1S/C17H26N4O2.ClH/c18-11-6-10-16(22)21-12-5-4-9-15(21)13-19-17(23)20-14-7-2-1-3-8-14;/h1-3,7-8,15H,4-6,9-13,18H2,(H2,19,20,23);1H. The lowest BCUT2D eigenvalue weighted by Gasteiger charge is -2.36. The van der Waals surface area contributed by atoms with Gasteiger partial charge in [0.05, 0.1) is 0 Å². The molecule has 3 amide bonds. The molecule has 0 aliphatic carbocycles. The Hall–Kier alpha value is -1.79. The molecule has 0 radical (unpaired) electrons. The first-order valence-electron chi connectivity index (χ1n) is 8.30. The number of benzene rings is 1. The van der Waals surface area contributed by atoms with Crippen molar-refractivity contribution in [3.8, 4) is 0 Å². The molecular weight excluding hydrogens is 328 g/mol. The summed E-state index contributed by atoms with van der Waals surface area (Å²) in [5, 5.41) is 5.66. The van der Waals surface area contributed by atoms with Gasteiger partial charge in [0.2, 0.25) is 5.91 Å². The van der Waals surface area contributed by atoms with Gasteiger partial charge in [-0.05, 0) is 44.4 Å². The number of urea groups is 1. The maximum atomic E-state index is 12.2. The van der Waals surface area contributed by atoms with E-state index in [2.05, 4.69) is 10.6 Å². The normalized spacial score (nSPS) is 16.9. The van der Waals surface area contributed by atoms with E-state index in [1.165, 1.54) is 0 Å². The second-order valence-corrected chi connectivity index (χ2v) is 5.83. The predicted molar refractivity (Wildman–Crippen MR) is 98.4 cm³/mol. The minimum atomic E-state index is -0.240. The van der Waals surface area contributed by atoms with Gasteiger partial charge in [0.15, 0.2) is 0 Å². The van der Waals surface area contributed by atoms with Crippen LogP contribution in [0, 0.1) is 0 Å². The largest absolute Gasteiger partial charge is 0.338 e. The van der Waals surface area contributed by atoms with E-state index in [9.17, 15) is 9.59 Å². The van der Waals surface area contributed by atoms with Crippen LogP contribution in [0.1, 0.15) is 32.1 Å². The van der Waals surface area contributed by atoms with E-state index in [1.807, 2.05) is 35.2 Å². The van der Waals surface area contributed by atoms with E-state index in [4.69, 9.17) is 5.73 Å². The highest BCUT2D eigenvalue weighted by atomic mass is 35.5. The molecule has 1 aromatic carbocycles. The number of hydrogen-bond acceptors (Lipinski definition) is 3. The maximum absolute atomic E-state index is 12.2. The Morgan fingerprint density at radius 3 is 2.67 bits per heavy atom. The third kappa shape index (κ3) is 6.37. The number of carbonyl (C=O) groups is 2. The molecule has 4 N–H and O–H groups in total. The predicted octanol–water partition coefficient (Wildman–Crippen LogP) is 2.35. The summed E-state index contributed by atoms with van der Waals surface area (Å²) in [4.78, 5) is 26.1. The lowest BCUT2D eigenvalue weighted by molar-refractivity contribution is -0.134. The minimum Gasteiger partial charge on any atom is -0.338 e. The fourth-order valence-electron chi connectivity index (χ4n) is 2.85. The van der Waals surface area contributed by atoms with Crippen molar-refractivity contribution in [1.82, 2.24) is 10.2 Å². The Labute approximate surface area is 149 Å². The van der Waals surface area contributed by atoms with Crippen molar-refractivity contribution in [2.24, 2.45) is 5.73 Å². The summed E-state index contributed by atoms with van der Waals surface area (Å²) in [7, 11) is 0. The number of piperidine rings is 1. The highest BCUT2D eigenvalue weighted by Crippen LogP contribution is 2.18. The molecule has 6 nitrogen and oxygen atoms in total. The Balaban J connectivity index is 0.00000288. The second kappa shape index (κ2) is 10.9. The van der Waals surface area contributed by atoms with E-state index in [0.29, 0.717) is 25.9 Å². The van der Waals surface area contributed by atoms with Crippen LogP contribution >= 0.6 is 12.4 Å². The summed E-state index contributed by atoms with van der Waals surface area (Å²) in [6.45, 7) is 1.78. The zero-order chi connectivity index (χ0) is 16.5. The Morgan fingerprint density at radius 1 is 1.21 bits per heavy atom. The Kier molecular flexibility index (Phi) is 9.19. The van der Waals surface area contributed by atoms with Crippen LogP contribution in [0.3, 0.4) is 0 Å². The molecule has 134 valence electrons. The molecule has 0 saturated carbocycles. The summed E-state index contributed by atoms with van der Waals surface area (Å²) >= 11 is 0. The second-order valence-electron chi connectivity index (χ2n) is 5.83. The van der Waals surface area contributed by atoms with Crippen LogP contribution in [0.5, 0.6) is 0 Å². The average Bonchev–Trinajstić information content (AvgIpc) is 2.59. The summed E-state index contributed by atoms with van der Waals surface area (Å²) in [6.07, 6.45) is 4.25. The smallest absolute Gasteiger partial charge is 0.319 e. The molecule has 0 spiro atoms. The molecule has 1 saturated heterocycles. The topological polar surface area (TPSA) is 87.5 Å². The van der Waals surface area contributed by atoms with Gasteiger partial charge in [-0.15, -0.1) is 12.4 Å². The number of halogens is 1. The van der Waals surface area contributed by atoms with E-state index in [1.54, 1.807) is 0 Å². The number of amides is 3. The van der Waals surface area contributed by atoms with Gasteiger partial charge in [0.1, 0.15) is 0 Å². The third-order valence-corrected chi connectivity index (χ3v) is 4.07. The van der Waals surface area contributed by atoms with Crippen LogP contribution in [0.2, 0.25) is 0 Å². The van der Waals surface area contributed by atoms with Gasteiger partial charge in [-0.2, -0.15) is 0 Å². The monoisotopic (exact) mass is 354 g/mol. The zero-order valence-electron chi connectivity index (χ0n) is 13.9. The van der Waals surface area contributed by atoms with Gasteiger partial charge in [0.25, 0.3) is 0 Å². The van der Waals surface area contributed by atoms with E-state index in [-0.39, 0.29) is 30.4 Å². The van der Waals surface area contributed by atoms with Gasteiger partial charge in [-0.1, -0.05) is 18.2 Å². The molecule has 1 atom stereocenters. The van der Waals surface area contributed by atoms with Crippen LogP contribution in [-0.2, 0) is 4.79 Å². The van der Waals surface area contributed by atoms with Crippen molar-refractivity contribution in [2.45, 2.75) is 38.1 Å². The number of carbonyl (C=O) groups excluding carboxylic acids is 2. The number of anilines is 1. The highest BCUT2D eigenvalue weighted by molar-refractivity contribution is 5.89. The number of nitrogens with two attached hydrogens (primary N) is 1. The summed E-state index contributed by atoms with van der Waals surface area (Å²) in [5.74, 6) is 0.144. The molecule has 1 fully saturated rings. The lowest BCUT2D eigenvalue weighted by atomic mass is 10.0. The minimum absolute atomic E-state index is 0. The van der Waals surface area contributed by atoms with Crippen LogP contribution < -0.4 is 16.4 Å². The first-order valence-corrected chi connectivity index (χ1v) is 8.30. The summed E-state index contributed by atoms with van der Waals surface area (Å²) < 4.78 is 0. The van der Waals surface area contributed by atoms with Gasteiger partial charge in [-0.3, -0.25) is 4.79 Å². The van der Waals surface area contributed by atoms with Gasteiger partial charge in [-0.25, -0.2) is 4.79 Å². The third-order valence-electron chi connectivity index (χ3n) is 4.07. The average molecular weight is 355 g/mol. The Morgan fingerprint density at radius 2 is 1.96 bits per heavy atom. The van der Waals surface area contributed by atoms with Crippen LogP contribution in [-0.4, -0.2) is 42.5 Å². The lowest BCUT2D eigenvalue weighted by Crippen LogP contribution is -2.50. The molecule has 0 bridgehead atoms. The van der Waals surface area contributed by atoms with Crippen LogP contribution in [0.25, 0.3) is 0 Å². The van der Waals surface area contributed by atoms with E-state index in [0.717, 1.165) is 31.5 Å². The van der Waals surface area contributed by atoms with Crippen LogP contribution in [0.15, 0.2) is 30.3 Å². The van der Waals surface area contributed by atoms with Crippen molar-refractivity contribution in [1.29, 1.82) is 0 Å². The number of hydrogen-bond donors (Lipinski definition) is 3. The maximum Gasteiger partial charge on any atom is 0.319 e. The van der Waals surface area contributed by atoms with Gasteiger partial charge < -0.3 is 21.3 Å². The van der Waals surface area contributed by atoms with Gasteiger partial charge >= 0.3 is 6.03 Å². The molecule has 24 heavy (non-hydrogen) atoms. The van der Waals surface area contributed by atoms with Crippen molar-refractivity contribution in [3.05, 3.63) is 30.3 Å². The number of nitrogens with zero attached hydrogens (tertiary/aromatic N) is 1. The first kappa shape index (κ1) is 20.3. The van der Waals surface area contributed by atoms with Crippen LogP contribution in [0.4, 0.5) is 10.5 Å². The molecule has 1 aliphatic heterocycles. The summed E-state index contributed by atoms with van der Waals surface area (Å²) in [6, 6.07) is 9.15. The van der Waals surface area contributed by atoms with Crippen molar-refractivity contribution in [2.75, 3.05) is 25.0 Å². The fraction of sp³-hybridized carbons (Fsp3) is 0.529. The number of para-hydroxylation sites is 1.